The molecule has 136 valence electrons. The van der Waals surface area contributed by atoms with Crippen LogP contribution in [0.2, 0.25) is 5.02 Å². The summed E-state index contributed by atoms with van der Waals surface area (Å²) in [7, 11) is 0. The van der Waals surface area contributed by atoms with E-state index in [9.17, 15) is 22.4 Å². The molecule has 0 atom stereocenters. The highest BCUT2D eigenvalue weighted by atomic mass is 35.5. The zero-order chi connectivity index (χ0) is 18.8. The molecule has 0 aliphatic heterocycles. The van der Waals surface area contributed by atoms with Gasteiger partial charge in [0, 0.05) is 18.0 Å². The number of nitrogens with zero attached hydrogens (tertiary/aromatic N) is 3. The van der Waals surface area contributed by atoms with Crippen molar-refractivity contribution in [2.45, 2.75) is 29.9 Å². The largest absolute Gasteiger partial charge is 0.419 e. The fourth-order valence-electron chi connectivity index (χ4n) is 2.04. The first-order valence-corrected chi connectivity index (χ1v) is 8.45. The van der Waals surface area contributed by atoms with Gasteiger partial charge in [0.2, 0.25) is 0 Å². The summed E-state index contributed by atoms with van der Waals surface area (Å²) in [5, 5.41) is 4.29. The molecule has 10 heteroatoms. The fourth-order valence-corrected chi connectivity index (χ4v) is 3.10. The molecule has 2 aromatic rings. The molecule has 0 fully saturated rings. The Morgan fingerprint density at radius 2 is 1.96 bits per heavy atom. The van der Waals surface area contributed by atoms with E-state index in [4.69, 9.17) is 11.6 Å². The highest BCUT2D eigenvalue weighted by Crippen LogP contribution is 2.37. The third kappa shape index (κ3) is 4.46. The van der Waals surface area contributed by atoms with Crippen molar-refractivity contribution >= 4 is 29.4 Å². The fraction of sp³-hybridized carbons (Fsp3) is 0.333. The summed E-state index contributed by atoms with van der Waals surface area (Å²) in [5.74, 6) is -1.36. The number of rotatable bonds is 4. The molecule has 0 spiro atoms. The van der Waals surface area contributed by atoms with E-state index in [1.807, 2.05) is 0 Å². The lowest BCUT2D eigenvalue weighted by atomic mass is 10.2. The standard InChI is InChI=1S/C15H14ClF4N3OS/c1-3-22(4-2)14(24)23-8-11(16)13(21-23)25-9-5-6-12(17)10(7-9)15(18,19)20/h5-8H,3-4H2,1-2H3. The van der Waals surface area contributed by atoms with Gasteiger partial charge in [-0.15, -0.1) is 0 Å². The molecule has 0 aliphatic rings. The quantitative estimate of drug-likeness (QED) is 0.671. The van der Waals surface area contributed by atoms with Gasteiger partial charge in [0.25, 0.3) is 0 Å². The maximum atomic E-state index is 13.3. The minimum atomic E-state index is -4.80. The van der Waals surface area contributed by atoms with E-state index in [0.717, 1.165) is 22.5 Å². The Balaban J connectivity index is 2.29. The predicted molar refractivity (Wildman–Crippen MR) is 86.5 cm³/mol. The average Bonchev–Trinajstić information content (AvgIpc) is 2.90. The summed E-state index contributed by atoms with van der Waals surface area (Å²) in [4.78, 5) is 13.8. The van der Waals surface area contributed by atoms with Gasteiger partial charge in [0.05, 0.1) is 16.8 Å². The van der Waals surface area contributed by atoms with Gasteiger partial charge in [0.15, 0.2) is 0 Å². The van der Waals surface area contributed by atoms with Crippen LogP contribution < -0.4 is 0 Å². The van der Waals surface area contributed by atoms with Gasteiger partial charge in [-0.25, -0.2) is 9.18 Å². The Morgan fingerprint density at radius 1 is 1.32 bits per heavy atom. The van der Waals surface area contributed by atoms with Crippen molar-refractivity contribution in [2.24, 2.45) is 0 Å². The summed E-state index contributed by atoms with van der Waals surface area (Å²) in [6, 6.07) is 2.21. The number of hydrogen-bond donors (Lipinski definition) is 0. The second kappa shape index (κ2) is 7.65. The van der Waals surface area contributed by atoms with Crippen LogP contribution in [0.3, 0.4) is 0 Å². The number of carbonyl (C=O) groups is 1. The van der Waals surface area contributed by atoms with Crippen LogP contribution in [0, 0.1) is 5.82 Å². The molecule has 2 rings (SSSR count). The van der Waals surface area contributed by atoms with E-state index in [1.165, 1.54) is 17.2 Å². The van der Waals surface area contributed by atoms with Crippen LogP contribution in [0.1, 0.15) is 19.4 Å². The van der Waals surface area contributed by atoms with Crippen LogP contribution in [0.25, 0.3) is 0 Å². The highest BCUT2D eigenvalue weighted by molar-refractivity contribution is 7.99. The van der Waals surface area contributed by atoms with Gasteiger partial charge in [-0.2, -0.15) is 23.0 Å². The molecular formula is C15H14ClF4N3OS. The van der Waals surface area contributed by atoms with Crippen LogP contribution in [0.4, 0.5) is 22.4 Å². The lowest BCUT2D eigenvalue weighted by Crippen LogP contribution is -2.34. The third-order valence-corrected chi connectivity index (χ3v) is 4.70. The molecule has 1 aromatic carbocycles. The number of aromatic nitrogens is 2. The number of amides is 1. The third-order valence-electron chi connectivity index (χ3n) is 3.33. The van der Waals surface area contributed by atoms with Crippen molar-refractivity contribution < 1.29 is 22.4 Å². The number of hydrogen-bond acceptors (Lipinski definition) is 3. The average molecular weight is 396 g/mol. The maximum absolute atomic E-state index is 13.3. The summed E-state index contributed by atoms with van der Waals surface area (Å²) >= 11 is 6.84. The summed E-state index contributed by atoms with van der Waals surface area (Å²) in [5.41, 5.74) is -1.37. The first kappa shape index (κ1) is 19.6. The molecule has 0 saturated carbocycles. The van der Waals surface area contributed by atoms with Crippen molar-refractivity contribution in [3.63, 3.8) is 0 Å². The van der Waals surface area contributed by atoms with Crippen LogP contribution in [-0.2, 0) is 6.18 Å². The second-order valence-corrected chi connectivity index (χ2v) is 6.39. The maximum Gasteiger partial charge on any atom is 0.419 e. The minimum Gasteiger partial charge on any atom is -0.323 e. The Morgan fingerprint density at radius 3 is 2.52 bits per heavy atom. The van der Waals surface area contributed by atoms with E-state index in [-0.39, 0.29) is 14.9 Å². The molecule has 0 aliphatic carbocycles. The Hall–Kier alpha value is -1.74. The van der Waals surface area contributed by atoms with Gasteiger partial charge < -0.3 is 4.90 Å². The predicted octanol–water partition coefficient (Wildman–Crippen LogP) is 5.16. The first-order valence-electron chi connectivity index (χ1n) is 7.26. The number of benzene rings is 1. The van der Waals surface area contributed by atoms with Crippen molar-refractivity contribution in [3.05, 3.63) is 40.8 Å². The van der Waals surface area contributed by atoms with Crippen molar-refractivity contribution in [1.82, 2.24) is 14.7 Å². The van der Waals surface area contributed by atoms with Crippen molar-refractivity contribution in [3.8, 4) is 0 Å². The highest BCUT2D eigenvalue weighted by Gasteiger charge is 2.34. The van der Waals surface area contributed by atoms with E-state index in [0.29, 0.717) is 19.2 Å². The Kier molecular flexibility index (Phi) is 5.99. The zero-order valence-corrected chi connectivity index (χ0v) is 14.8. The number of halogens is 5. The second-order valence-electron chi connectivity index (χ2n) is 4.92. The molecule has 0 saturated heterocycles. The van der Waals surface area contributed by atoms with Gasteiger partial charge in [-0.1, -0.05) is 23.4 Å². The molecular weight excluding hydrogens is 382 g/mol. The van der Waals surface area contributed by atoms with Crippen LogP contribution in [-0.4, -0.2) is 33.8 Å². The zero-order valence-electron chi connectivity index (χ0n) is 13.3. The van der Waals surface area contributed by atoms with Gasteiger partial charge >= 0.3 is 12.2 Å². The SMILES string of the molecule is CCN(CC)C(=O)n1cc(Cl)c(Sc2ccc(F)c(C(F)(F)F)c2)n1. The lowest BCUT2D eigenvalue weighted by Gasteiger charge is -2.17. The van der Waals surface area contributed by atoms with Gasteiger partial charge in [-0.3, -0.25) is 0 Å². The van der Waals surface area contributed by atoms with E-state index in [1.54, 1.807) is 13.8 Å². The molecule has 1 heterocycles. The van der Waals surface area contributed by atoms with Crippen LogP contribution in [0.15, 0.2) is 34.3 Å². The Bertz CT molecular complexity index is 775. The van der Waals surface area contributed by atoms with Crippen LogP contribution >= 0.6 is 23.4 Å². The normalized spacial score (nSPS) is 11.6. The number of alkyl halides is 3. The summed E-state index contributed by atoms with van der Waals surface area (Å²) in [6.45, 7) is 4.56. The number of carbonyl (C=O) groups excluding carboxylic acids is 1. The first-order chi connectivity index (χ1) is 11.7. The monoisotopic (exact) mass is 395 g/mol. The summed E-state index contributed by atoms with van der Waals surface area (Å²) in [6.07, 6.45) is -3.51. The molecule has 25 heavy (non-hydrogen) atoms. The molecule has 0 N–H and O–H groups in total. The van der Waals surface area contributed by atoms with E-state index in [2.05, 4.69) is 5.10 Å². The van der Waals surface area contributed by atoms with E-state index < -0.39 is 23.6 Å². The molecule has 1 aromatic heterocycles. The molecule has 0 bridgehead atoms. The lowest BCUT2D eigenvalue weighted by molar-refractivity contribution is -0.140. The molecule has 0 radical (unpaired) electrons. The smallest absolute Gasteiger partial charge is 0.323 e. The van der Waals surface area contributed by atoms with Crippen LogP contribution in [0.5, 0.6) is 0 Å². The van der Waals surface area contributed by atoms with Crippen molar-refractivity contribution in [1.29, 1.82) is 0 Å². The van der Waals surface area contributed by atoms with Gasteiger partial charge in [-0.05, 0) is 32.0 Å². The topological polar surface area (TPSA) is 38.1 Å². The molecule has 4 nitrogen and oxygen atoms in total. The van der Waals surface area contributed by atoms with Crippen molar-refractivity contribution in [2.75, 3.05) is 13.1 Å². The van der Waals surface area contributed by atoms with Gasteiger partial charge in [0.1, 0.15) is 10.8 Å². The minimum absolute atomic E-state index is 0.108. The van der Waals surface area contributed by atoms with E-state index >= 15 is 0 Å². The Labute approximate surface area is 150 Å². The molecule has 1 amide bonds. The molecule has 0 unspecified atom stereocenters. The summed E-state index contributed by atoms with van der Waals surface area (Å²) < 4.78 is 52.7.